The predicted molar refractivity (Wildman–Crippen MR) is 179 cm³/mol. The van der Waals surface area contributed by atoms with E-state index < -0.39 is 72.0 Å². The minimum atomic E-state index is -5.30. The maximum Gasteiger partial charge on any atom is 0.339 e. The van der Waals surface area contributed by atoms with E-state index in [1.807, 2.05) is 0 Å². The van der Waals surface area contributed by atoms with Crippen LogP contribution < -0.4 is 13.7 Å². The second-order valence-corrected chi connectivity index (χ2v) is 16.3. The molecule has 0 heterocycles. The van der Waals surface area contributed by atoms with Gasteiger partial charge in [0.1, 0.15) is 37.7 Å². The highest BCUT2D eigenvalue weighted by Crippen LogP contribution is 2.45. The lowest BCUT2D eigenvalue weighted by Gasteiger charge is -2.19. The molecule has 18 heteroatoms. The molecule has 0 saturated carbocycles. The van der Waals surface area contributed by atoms with Gasteiger partial charge in [0.15, 0.2) is 0 Å². The third kappa shape index (κ3) is 7.97. The van der Waals surface area contributed by atoms with Crippen molar-refractivity contribution in [3.8, 4) is 45.3 Å². The van der Waals surface area contributed by atoms with Crippen LogP contribution in [0.25, 0.3) is 22.3 Å². The highest BCUT2D eigenvalue weighted by molar-refractivity contribution is 7.87. The average Bonchev–Trinajstić information content (AvgIpc) is 3.03. The van der Waals surface area contributed by atoms with Crippen molar-refractivity contribution in [1.29, 1.82) is 0 Å². The Morgan fingerprint density at radius 2 is 1.08 bits per heavy atom. The standard InChI is InChI=1S/C32H26O14S4/c1-20-8-11-23(12-9-20)50(42,43)46-22-10-15-31(48(36,37)38)27(16-22)28-18-30(44-2)26(19-32(28)49(39,40)41)25-17-24(47(33,34)35)13-14-29(25)45-21-6-4-3-5-7-21/h3-19H,1-2H3,(H,33,34,35)(H,36,37,38)(H,39,40,41). The molecule has 0 aromatic heterocycles. The van der Waals surface area contributed by atoms with Crippen LogP contribution >= 0.6 is 0 Å². The summed E-state index contributed by atoms with van der Waals surface area (Å²) < 4.78 is 148. The van der Waals surface area contributed by atoms with E-state index in [1.165, 1.54) is 30.3 Å². The minimum absolute atomic E-state index is 0.0636. The summed E-state index contributed by atoms with van der Waals surface area (Å²) in [5, 5.41) is 0. The molecule has 0 aliphatic carbocycles. The molecule has 50 heavy (non-hydrogen) atoms. The smallest absolute Gasteiger partial charge is 0.339 e. The second-order valence-electron chi connectivity index (χ2n) is 10.6. The molecule has 0 unspecified atom stereocenters. The van der Waals surface area contributed by atoms with Gasteiger partial charge in [-0.1, -0.05) is 35.9 Å². The van der Waals surface area contributed by atoms with Crippen molar-refractivity contribution in [1.82, 2.24) is 0 Å². The third-order valence-corrected chi connectivity index (χ3v) is 11.0. The van der Waals surface area contributed by atoms with Crippen molar-refractivity contribution in [2.45, 2.75) is 26.5 Å². The van der Waals surface area contributed by atoms with Crippen LogP contribution in [0.1, 0.15) is 5.56 Å². The summed E-state index contributed by atoms with van der Waals surface area (Å²) >= 11 is 0. The van der Waals surface area contributed by atoms with Crippen LogP contribution in [0.2, 0.25) is 0 Å². The Bertz CT molecular complexity index is 2550. The number of hydrogen-bond donors (Lipinski definition) is 3. The lowest BCUT2D eigenvalue weighted by atomic mass is 9.98. The summed E-state index contributed by atoms with van der Waals surface area (Å²) in [6, 6.07) is 21.1. The van der Waals surface area contributed by atoms with Gasteiger partial charge in [0.05, 0.1) is 12.0 Å². The predicted octanol–water partition coefficient (Wildman–Crippen LogP) is 5.64. The molecule has 0 bridgehead atoms. The lowest BCUT2D eigenvalue weighted by molar-refractivity contribution is 0.415. The number of hydrogen-bond acceptors (Lipinski definition) is 11. The van der Waals surface area contributed by atoms with Gasteiger partial charge in [0.2, 0.25) is 0 Å². The first kappa shape index (κ1) is 36.5. The van der Waals surface area contributed by atoms with E-state index in [0.29, 0.717) is 0 Å². The molecule has 14 nitrogen and oxygen atoms in total. The lowest BCUT2D eigenvalue weighted by Crippen LogP contribution is -2.11. The Hall–Kier alpha value is -4.82. The molecule has 3 N–H and O–H groups in total. The Balaban J connectivity index is 1.78. The molecular formula is C32H26O14S4. The number of methoxy groups -OCH3 is 1. The summed E-state index contributed by atoms with van der Waals surface area (Å²) in [5.74, 6) is -0.546. The minimum Gasteiger partial charge on any atom is -0.496 e. The number of ether oxygens (including phenoxy) is 2. The van der Waals surface area contributed by atoms with Gasteiger partial charge in [0, 0.05) is 22.3 Å². The summed E-state index contributed by atoms with van der Waals surface area (Å²) in [5.41, 5.74) is -0.858. The van der Waals surface area contributed by atoms with E-state index in [4.69, 9.17) is 13.7 Å². The second kappa shape index (κ2) is 13.5. The van der Waals surface area contributed by atoms with Crippen molar-refractivity contribution in [2.24, 2.45) is 0 Å². The molecule has 5 rings (SSSR count). The molecule has 5 aromatic carbocycles. The Labute approximate surface area is 287 Å². The Morgan fingerprint density at radius 3 is 1.66 bits per heavy atom. The average molecular weight is 763 g/mol. The van der Waals surface area contributed by atoms with Crippen molar-refractivity contribution in [3.63, 3.8) is 0 Å². The molecule has 0 spiro atoms. The topological polar surface area (TPSA) is 225 Å². The summed E-state index contributed by atoms with van der Waals surface area (Å²) in [6.45, 7) is 1.73. The molecule has 262 valence electrons. The van der Waals surface area contributed by atoms with Gasteiger partial charge in [-0.15, -0.1) is 0 Å². The molecule has 5 aromatic rings. The van der Waals surface area contributed by atoms with E-state index in [1.54, 1.807) is 37.3 Å². The molecule has 0 amide bonds. The van der Waals surface area contributed by atoms with Crippen LogP contribution in [0.5, 0.6) is 23.0 Å². The summed E-state index contributed by atoms with van der Waals surface area (Å²) in [6.07, 6.45) is 0. The fourth-order valence-corrected chi connectivity index (χ4v) is 7.65. The van der Waals surface area contributed by atoms with Gasteiger partial charge in [-0.2, -0.15) is 33.7 Å². The fourth-order valence-electron chi connectivity index (χ4n) is 4.82. The van der Waals surface area contributed by atoms with Gasteiger partial charge in [-0.25, -0.2) is 0 Å². The van der Waals surface area contributed by atoms with Crippen LogP contribution in [-0.4, -0.2) is 54.4 Å². The first-order valence-electron chi connectivity index (χ1n) is 14.0. The zero-order chi connectivity index (χ0) is 36.6. The van der Waals surface area contributed by atoms with Gasteiger partial charge in [0.25, 0.3) is 30.4 Å². The summed E-state index contributed by atoms with van der Waals surface area (Å²) in [4.78, 5) is -2.77. The molecule has 0 aliphatic heterocycles. The highest BCUT2D eigenvalue weighted by Gasteiger charge is 2.29. The Kier molecular flexibility index (Phi) is 9.83. The zero-order valence-electron chi connectivity index (χ0n) is 25.8. The highest BCUT2D eigenvalue weighted by atomic mass is 32.2. The first-order chi connectivity index (χ1) is 23.3. The molecule has 0 atom stereocenters. The molecule has 0 aliphatic rings. The molecule has 0 saturated heterocycles. The third-order valence-electron chi connectivity index (χ3n) is 7.12. The first-order valence-corrected chi connectivity index (χ1v) is 19.7. The van der Waals surface area contributed by atoms with E-state index in [0.717, 1.165) is 55.1 Å². The largest absolute Gasteiger partial charge is 0.496 e. The van der Waals surface area contributed by atoms with E-state index >= 15 is 0 Å². The van der Waals surface area contributed by atoms with Gasteiger partial charge < -0.3 is 13.7 Å². The SMILES string of the molecule is COc1cc(-c2cc(OS(=O)(=O)c3ccc(C)cc3)ccc2S(=O)(=O)O)c(S(=O)(=O)O)cc1-c1cc(S(=O)(=O)O)ccc1Oc1ccccc1. The number of aryl methyl sites for hydroxylation is 1. The monoisotopic (exact) mass is 762 g/mol. The van der Waals surface area contributed by atoms with Crippen LogP contribution in [0.3, 0.4) is 0 Å². The van der Waals surface area contributed by atoms with E-state index in [2.05, 4.69) is 0 Å². The number of benzene rings is 5. The maximum atomic E-state index is 13.0. The van der Waals surface area contributed by atoms with Gasteiger partial charge in [-0.05, 0) is 79.7 Å². The quantitative estimate of drug-likeness (QED) is 0.109. The van der Waals surface area contributed by atoms with Crippen LogP contribution in [0.4, 0.5) is 0 Å². The van der Waals surface area contributed by atoms with Crippen LogP contribution in [0.15, 0.2) is 123 Å². The number of rotatable bonds is 11. The fraction of sp³-hybridized carbons (Fsp3) is 0.0625. The van der Waals surface area contributed by atoms with Crippen LogP contribution in [-0.2, 0) is 40.5 Å². The van der Waals surface area contributed by atoms with Crippen molar-refractivity contribution in [3.05, 3.63) is 109 Å². The normalized spacial score (nSPS) is 12.3. The molecular weight excluding hydrogens is 737 g/mol. The van der Waals surface area contributed by atoms with Crippen molar-refractivity contribution < 1.29 is 61.0 Å². The molecule has 0 fully saturated rings. The van der Waals surface area contributed by atoms with Gasteiger partial charge in [-0.3, -0.25) is 13.7 Å². The van der Waals surface area contributed by atoms with E-state index in [9.17, 15) is 47.3 Å². The Morgan fingerprint density at radius 1 is 0.500 bits per heavy atom. The van der Waals surface area contributed by atoms with Crippen molar-refractivity contribution in [2.75, 3.05) is 7.11 Å². The van der Waals surface area contributed by atoms with E-state index in [-0.39, 0.29) is 33.3 Å². The maximum absolute atomic E-state index is 13.0. The summed E-state index contributed by atoms with van der Waals surface area (Å²) in [7, 11) is -18.6. The van der Waals surface area contributed by atoms with Crippen LogP contribution in [0, 0.1) is 6.92 Å². The zero-order valence-corrected chi connectivity index (χ0v) is 29.0. The number of para-hydroxylation sites is 1. The van der Waals surface area contributed by atoms with Crippen molar-refractivity contribution >= 4 is 40.5 Å². The molecule has 0 radical (unpaired) electrons. The van der Waals surface area contributed by atoms with Gasteiger partial charge >= 0.3 is 10.1 Å².